The number of hydrogen-bond donors (Lipinski definition) is 3. The van der Waals surface area contributed by atoms with E-state index in [0.29, 0.717) is 49.9 Å². The van der Waals surface area contributed by atoms with Gasteiger partial charge in [-0.3, -0.25) is 14.4 Å². The van der Waals surface area contributed by atoms with Gasteiger partial charge in [-0.05, 0) is 70.8 Å². The molecule has 2 aromatic carbocycles. The lowest BCUT2D eigenvalue weighted by molar-refractivity contribution is -0.139. The van der Waals surface area contributed by atoms with E-state index in [9.17, 15) is 24.6 Å². The van der Waals surface area contributed by atoms with E-state index in [2.05, 4.69) is 5.32 Å². The molecule has 0 spiro atoms. The summed E-state index contributed by atoms with van der Waals surface area (Å²) < 4.78 is 12.4. The molecule has 43 heavy (non-hydrogen) atoms. The van der Waals surface area contributed by atoms with E-state index in [0.717, 1.165) is 24.8 Å². The van der Waals surface area contributed by atoms with Crippen molar-refractivity contribution in [3.8, 4) is 11.5 Å². The molecule has 0 heterocycles. The van der Waals surface area contributed by atoms with Crippen LogP contribution in [0.2, 0.25) is 5.02 Å². The number of nitrogens with zero attached hydrogens (tertiary/aromatic N) is 1. The summed E-state index contributed by atoms with van der Waals surface area (Å²) in [5.74, 6) is 0.596. The first-order chi connectivity index (χ1) is 20.7. The second-order valence-electron chi connectivity index (χ2n) is 11.0. The van der Waals surface area contributed by atoms with Gasteiger partial charge in [0.25, 0.3) is 0 Å². The second kappa shape index (κ2) is 15.9. The minimum Gasteiger partial charge on any atom is -0.493 e. The van der Waals surface area contributed by atoms with Crippen LogP contribution in [0, 0.1) is 9.49 Å². The van der Waals surface area contributed by atoms with Crippen molar-refractivity contribution < 1.29 is 34.1 Å². The van der Waals surface area contributed by atoms with Gasteiger partial charge in [0, 0.05) is 42.1 Å². The molecule has 2 aliphatic carbocycles. The Balaban J connectivity index is 1.69. The Morgan fingerprint density at radius 2 is 1.91 bits per heavy atom. The van der Waals surface area contributed by atoms with Crippen molar-refractivity contribution in [3.63, 3.8) is 0 Å². The molecule has 1 fully saturated rings. The molecule has 3 unspecified atom stereocenters. The molecule has 2 amide bonds. The van der Waals surface area contributed by atoms with Crippen molar-refractivity contribution in [3.05, 3.63) is 67.8 Å². The van der Waals surface area contributed by atoms with Crippen LogP contribution in [0.25, 0.3) is 0 Å². The quantitative estimate of drug-likeness (QED) is 0.203. The number of ether oxygens (including phenoxy) is 2. The zero-order chi connectivity index (χ0) is 30.9. The topological polar surface area (TPSA) is 125 Å². The first kappa shape index (κ1) is 33.2. The molecule has 4 rings (SSSR count). The van der Waals surface area contributed by atoms with Crippen LogP contribution >= 0.6 is 34.2 Å². The van der Waals surface area contributed by atoms with Crippen molar-refractivity contribution >= 4 is 52.3 Å². The maximum Gasteiger partial charge on any atom is 0.247 e. The molecule has 0 saturated heterocycles. The van der Waals surface area contributed by atoms with Gasteiger partial charge in [0.05, 0.1) is 23.3 Å². The number of halogens is 2. The minimum absolute atomic E-state index is 0.0581. The average molecular weight is 725 g/mol. The molecule has 0 aliphatic heterocycles. The van der Waals surface area contributed by atoms with Crippen LogP contribution in [-0.4, -0.2) is 71.7 Å². The fraction of sp³-hybridized carbons (Fsp3) is 0.469. The number of aldehydes is 1. The lowest BCUT2D eigenvalue weighted by Crippen LogP contribution is -2.54. The number of hydrogen-bond acceptors (Lipinski definition) is 7. The molecule has 9 nitrogen and oxygen atoms in total. The van der Waals surface area contributed by atoms with E-state index in [1.54, 1.807) is 29.2 Å². The number of benzene rings is 2. The first-order valence-electron chi connectivity index (χ1n) is 14.5. The molecular weight excluding hydrogens is 687 g/mol. The van der Waals surface area contributed by atoms with Crippen LogP contribution in [0.4, 0.5) is 0 Å². The van der Waals surface area contributed by atoms with E-state index in [1.165, 1.54) is 26.0 Å². The predicted molar refractivity (Wildman–Crippen MR) is 171 cm³/mol. The Bertz CT molecular complexity index is 1310. The van der Waals surface area contributed by atoms with Gasteiger partial charge in [0.2, 0.25) is 11.8 Å². The molecule has 3 N–H and O–H groups in total. The highest BCUT2D eigenvalue weighted by Gasteiger charge is 2.41. The summed E-state index contributed by atoms with van der Waals surface area (Å²) in [5.41, 5.74) is 1.57. The summed E-state index contributed by atoms with van der Waals surface area (Å²) in [7, 11) is 1.45. The number of rotatable bonds is 13. The number of carbonyl (C=O) groups excluding carboxylic acids is 3. The van der Waals surface area contributed by atoms with Gasteiger partial charge in [0.15, 0.2) is 11.5 Å². The monoisotopic (exact) mass is 724 g/mol. The van der Waals surface area contributed by atoms with Crippen molar-refractivity contribution in [2.75, 3.05) is 20.3 Å². The zero-order valence-electron chi connectivity index (χ0n) is 24.1. The Morgan fingerprint density at radius 3 is 2.56 bits per heavy atom. The lowest BCUT2D eigenvalue weighted by atomic mass is 9.87. The average Bonchev–Trinajstić information content (AvgIpc) is 3.54. The summed E-state index contributed by atoms with van der Waals surface area (Å²) in [6.45, 7) is 0.0456. The van der Waals surface area contributed by atoms with Gasteiger partial charge >= 0.3 is 0 Å². The molecule has 2 aromatic rings. The summed E-state index contributed by atoms with van der Waals surface area (Å²) in [6.07, 6.45) is 5.86. The summed E-state index contributed by atoms with van der Waals surface area (Å²) in [4.78, 5) is 40.1. The van der Waals surface area contributed by atoms with Crippen molar-refractivity contribution in [2.24, 2.45) is 5.92 Å². The summed E-state index contributed by atoms with van der Waals surface area (Å²) in [6, 6.07) is 9.59. The van der Waals surface area contributed by atoms with Crippen LogP contribution in [0.15, 0.2) is 48.0 Å². The standard InChI is InChI=1S/C32H38ClIN2O7/c1-42-28-15-22(19-38)14-25(34)31(28)43-27-17-23(32(41)35-12-13-37)16-26(30(27)40)36(18-21-6-9-24(33)10-7-21)29(39)11-8-20-4-2-3-5-20/h6-7,9-10,14-15,17,19-20,26-27,30,37,40H,2-5,8,11-13,16,18H2,1H3,(H,35,41). The predicted octanol–water partition coefficient (Wildman–Crippen LogP) is 4.68. The normalized spacial score (nSPS) is 20.3. The van der Waals surface area contributed by atoms with E-state index >= 15 is 0 Å². The zero-order valence-corrected chi connectivity index (χ0v) is 27.1. The Labute approximate surface area is 270 Å². The number of amides is 2. The van der Waals surface area contributed by atoms with Crippen LogP contribution in [-0.2, 0) is 16.1 Å². The maximum absolute atomic E-state index is 13.9. The lowest BCUT2D eigenvalue weighted by Gasteiger charge is -2.41. The van der Waals surface area contributed by atoms with Crippen LogP contribution in [0.5, 0.6) is 11.5 Å². The van der Waals surface area contributed by atoms with Crippen molar-refractivity contribution in [1.29, 1.82) is 0 Å². The number of aliphatic hydroxyl groups excluding tert-OH is 2. The SMILES string of the molecule is COc1cc(C=O)cc(I)c1OC1C=C(C(=O)NCCO)CC(N(Cc2ccc(Cl)cc2)C(=O)CCC2CCCC2)C1O. The van der Waals surface area contributed by atoms with E-state index in [1.807, 2.05) is 34.7 Å². The first-order valence-corrected chi connectivity index (χ1v) is 16.0. The highest BCUT2D eigenvalue weighted by Crippen LogP contribution is 2.37. The maximum atomic E-state index is 13.9. The largest absolute Gasteiger partial charge is 0.493 e. The fourth-order valence-corrected chi connectivity index (χ4v) is 6.66. The highest BCUT2D eigenvalue weighted by molar-refractivity contribution is 14.1. The molecule has 0 bridgehead atoms. The summed E-state index contributed by atoms with van der Waals surface area (Å²) >= 11 is 8.14. The van der Waals surface area contributed by atoms with E-state index in [4.69, 9.17) is 21.1 Å². The van der Waals surface area contributed by atoms with E-state index < -0.39 is 24.2 Å². The van der Waals surface area contributed by atoms with Crippen LogP contribution in [0.1, 0.15) is 60.9 Å². The number of aliphatic hydroxyl groups is 2. The minimum atomic E-state index is -1.19. The molecule has 0 aromatic heterocycles. The highest BCUT2D eigenvalue weighted by atomic mass is 127. The van der Waals surface area contributed by atoms with Gasteiger partial charge in [-0.15, -0.1) is 0 Å². The second-order valence-corrected chi connectivity index (χ2v) is 12.6. The molecular formula is C32H38ClIN2O7. The van der Waals surface area contributed by atoms with Gasteiger partial charge in [-0.25, -0.2) is 0 Å². The fourth-order valence-electron chi connectivity index (χ4n) is 5.78. The Kier molecular flexibility index (Phi) is 12.3. The molecule has 2 aliphatic rings. The number of methoxy groups -OCH3 is 1. The molecule has 1 saturated carbocycles. The van der Waals surface area contributed by atoms with Crippen LogP contribution < -0.4 is 14.8 Å². The van der Waals surface area contributed by atoms with Gasteiger partial charge < -0.3 is 29.9 Å². The molecule has 232 valence electrons. The molecule has 3 atom stereocenters. The number of carbonyl (C=O) groups is 3. The van der Waals surface area contributed by atoms with Crippen molar-refractivity contribution in [1.82, 2.24) is 10.2 Å². The third-order valence-electron chi connectivity index (χ3n) is 8.08. The third kappa shape index (κ3) is 8.71. The smallest absolute Gasteiger partial charge is 0.247 e. The number of nitrogens with one attached hydrogen (secondary N) is 1. The third-order valence-corrected chi connectivity index (χ3v) is 9.14. The summed E-state index contributed by atoms with van der Waals surface area (Å²) in [5, 5.41) is 24.3. The van der Waals surface area contributed by atoms with Gasteiger partial charge in [-0.2, -0.15) is 0 Å². The van der Waals surface area contributed by atoms with Gasteiger partial charge in [0.1, 0.15) is 18.5 Å². The van der Waals surface area contributed by atoms with Crippen LogP contribution in [0.3, 0.4) is 0 Å². The Hall–Kier alpha value is -2.67. The molecule has 0 radical (unpaired) electrons. The Morgan fingerprint density at radius 1 is 1.19 bits per heavy atom. The van der Waals surface area contributed by atoms with Crippen molar-refractivity contribution in [2.45, 2.75) is 69.7 Å². The van der Waals surface area contributed by atoms with Gasteiger partial charge in [-0.1, -0.05) is 49.4 Å². The van der Waals surface area contributed by atoms with E-state index in [-0.39, 0.29) is 32.0 Å². The molecule has 11 heteroatoms.